The summed E-state index contributed by atoms with van der Waals surface area (Å²) in [6.45, 7) is 4.45. The van der Waals surface area contributed by atoms with Gasteiger partial charge in [0.05, 0.1) is 24.2 Å². The maximum absolute atomic E-state index is 12.0. The lowest BCUT2D eigenvalue weighted by atomic mass is 9.42. The topological polar surface area (TPSA) is 73.8 Å². The molecule has 0 radical (unpaired) electrons. The average Bonchev–Trinajstić information content (AvgIpc) is 3.24. The Kier molecular flexibility index (Phi) is 3.65. The van der Waals surface area contributed by atoms with Gasteiger partial charge in [-0.05, 0) is 80.3 Å². The maximum Gasteiger partial charge on any atom is 0.119 e. The van der Waals surface area contributed by atoms with Crippen molar-refractivity contribution in [1.82, 2.24) is 0 Å². The number of hydrogen-bond acceptors (Lipinski definition) is 4. The van der Waals surface area contributed by atoms with Crippen LogP contribution in [0.1, 0.15) is 64.4 Å². The number of furan rings is 1. The Hall–Kier alpha value is -1.10. The molecule has 1 aromatic heterocycles. The molecule has 3 saturated carbocycles. The van der Waals surface area contributed by atoms with Crippen molar-refractivity contribution in [2.45, 2.75) is 76.1 Å². The fraction of sp³-hybridized carbons (Fsp3) is 0.739. The molecule has 1 aromatic rings. The minimum atomic E-state index is -1.19. The second kappa shape index (κ2) is 5.49. The molecule has 4 aliphatic rings. The monoisotopic (exact) mass is 372 g/mol. The smallest absolute Gasteiger partial charge is 0.119 e. The molecule has 3 N–H and O–H groups in total. The highest BCUT2D eigenvalue weighted by Crippen LogP contribution is 2.69. The molecule has 27 heavy (non-hydrogen) atoms. The van der Waals surface area contributed by atoms with Crippen molar-refractivity contribution in [2.75, 3.05) is 0 Å². The first kappa shape index (κ1) is 18.0. The third-order valence-corrected chi connectivity index (χ3v) is 9.45. The zero-order valence-electron chi connectivity index (χ0n) is 16.4. The Morgan fingerprint density at radius 1 is 1.00 bits per heavy atom. The highest BCUT2D eigenvalue weighted by molar-refractivity contribution is 5.40. The van der Waals surface area contributed by atoms with Crippen LogP contribution in [0.5, 0.6) is 0 Å². The number of aliphatic hydroxyl groups is 3. The molecule has 3 unspecified atom stereocenters. The predicted molar refractivity (Wildman–Crippen MR) is 102 cm³/mol. The summed E-state index contributed by atoms with van der Waals surface area (Å²) in [6, 6.07) is 1.81. The van der Waals surface area contributed by atoms with Gasteiger partial charge in [-0.1, -0.05) is 19.9 Å². The SMILES string of the molecule is C[C@]12CCC(O)CC1CC[C@@H]1[C@H]2CC[C@]2(C)C(O)(c3ccoc3)C=C[C@@]12O. The molecule has 3 fully saturated rings. The van der Waals surface area contributed by atoms with E-state index in [1.54, 1.807) is 12.5 Å². The molecule has 0 spiro atoms. The van der Waals surface area contributed by atoms with Crippen molar-refractivity contribution in [1.29, 1.82) is 0 Å². The third-order valence-electron chi connectivity index (χ3n) is 9.45. The Labute approximate surface area is 161 Å². The van der Waals surface area contributed by atoms with E-state index in [2.05, 4.69) is 13.8 Å². The first-order valence-corrected chi connectivity index (χ1v) is 10.6. The molecule has 0 bridgehead atoms. The first-order chi connectivity index (χ1) is 12.7. The van der Waals surface area contributed by atoms with Crippen molar-refractivity contribution in [2.24, 2.45) is 28.6 Å². The lowest BCUT2D eigenvalue weighted by Crippen LogP contribution is -2.65. The Bertz CT molecular complexity index is 756. The van der Waals surface area contributed by atoms with Gasteiger partial charge in [-0.25, -0.2) is 0 Å². The maximum atomic E-state index is 12.0. The normalized spacial score (nSPS) is 54.3. The van der Waals surface area contributed by atoms with Gasteiger partial charge in [-0.3, -0.25) is 0 Å². The second-order valence-electron chi connectivity index (χ2n) is 10.2. The van der Waals surface area contributed by atoms with Crippen LogP contribution in [0, 0.1) is 28.6 Å². The fourth-order valence-electron chi connectivity index (χ4n) is 7.62. The van der Waals surface area contributed by atoms with Gasteiger partial charge in [0, 0.05) is 11.0 Å². The van der Waals surface area contributed by atoms with Crippen LogP contribution in [0.2, 0.25) is 0 Å². The third kappa shape index (κ3) is 2.05. The molecule has 0 saturated heterocycles. The summed E-state index contributed by atoms with van der Waals surface area (Å²) in [7, 11) is 0. The summed E-state index contributed by atoms with van der Waals surface area (Å²) in [6.07, 6.45) is 13.4. The fourth-order valence-corrected chi connectivity index (χ4v) is 7.62. The minimum Gasteiger partial charge on any atom is -0.472 e. The van der Waals surface area contributed by atoms with E-state index in [1.807, 2.05) is 18.2 Å². The molecule has 0 aromatic carbocycles. The van der Waals surface area contributed by atoms with Crippen LogP contribution in [0.15, 0.2) is 35.2 Å². The standard InChI is InChI=1S/C23H32O4/c1-20-8-5-17(24)13-15(20)3-4-19-18(20)6-9-21(2)22(25,10-11-23(19,21)26)16-7-12-27-14-16/h7,10-12,14-15,17-19,24-26H,3-6,8-9,13H2,1-2H3/t15?,17?,18-,19-,20+,21-,22?,23-/m1/s1. The quantitative estimate of drug-likeness (QED) is 0.656. The van der Waals surface area contributed by atoms with Crippen LogP contribution in [-0.4, -0.2) is 27.0 Å². The highest BCUT2D eigenvalue weighted by atomic mass is 16.3. The van der Waals surface area contributed by atoms with Crippen LogP contribution >= 0.6 is 0 Å². The summed E-state index contributed by atoms with van der Waals surface area (Å²) in [4.78, 5) is 0. The van der Waals surface area contributed by atoms with E-state index in [-0.39, 0.29) is 17.4 Å². The summed E-state index contributed by atoms with van der Waals surface area (Å²) in [5.41, 5.74) is -1.94. The van der Waals surface area contributed by atoms with Gasteiger partial charge in [-0.2, -0.15) is 0 Å². The lowest BCUT2D eigenvalue weighted by molar-refractivity contribution is -0.227. The largest absolute Gasteiger partial charge is 0.472 e. The summed E-state index contributed by atoms with van der Waals surface area (Å²) in [5.74, 6) is 1.15. The van der Waals surface area contributed by atoms with Crippen molar-refractivity contribution >= 4 is 0 Å². The van der Waals surface area contributed by atoms with Crippen LogP contribution in [0.3, 0.4) is 0 Å². The summed E-state index contributed by atoms with van der Waals surface area (Å²) >= 11 is 0. The molecule has 0 aliphatic heterocycles. The van der Waals surface area contributed by atoms with Gasteiger partial charge in [-0.15, -0.1) is 0 Å². The zero-order valence-corrected chi connectivity index (χ0v) is 16.4. The molecule has 8 atom stereocenters. The van der Waals surface area contributed by atoms with E-state index in [0.717, 1.165) is 50.5 Å². The van der Waals surface area contributed by atoms with E-state index in [4.69, 9.17) is 4.42 Å². The van der Waals surface area contributed by atoms with E-state index in [0.29, 0.717) is 11.8 Å². The van der Waals surface area contributed by atoms with E-state index in [1.165, 1.54) is 0 Å². The van der Waals surface area contributed by atoms with Crippen LogP contribution in [-0.2, 0) is 5.60 Å². The molecule has 1 heterocycles. The summed E-state index contributed by atoms with van der Waals surface area (Å²) < 4.78 is 5.25. The highest BCUT2D eigenvalue weighted by Gasteiger charge is 2.70. The molecular formula is C23H32O4. The van der Waals surface area contributed by atoms with Crippen LogP contribution < -0.4 is 0 Å². The molecule has 148 valence electrons. The van der Waals surface area contributed by atoms with Gasteiger partial charge in [0.1, 0.15) is 5.60 Å². The minimum absolute atomic E-state index is 0.157. The van der Waals surface area contributed by atoms with Crippen molar-refractivity contribution in [3.63, 3.8) is 0 Å². The molecule has 4 heteroatoms. The molecule has 0 amide bonds. The number of rotatable bonds is 1. The van der Waals surface area contributed by atoms with Gasteiger partial charge in [0.15, 0.2) is 0 Å². The van der Waals surface area contributed by atoms with Crippen molar-refractivity contribution in [3.8, 4) is 0 Å². The number of fused-ring (bicyclic) bond motifs is 5. The van der Waals surface area contributed by atoms with Crippen LogP contribution in [0.25, 0.3) is 0 Å². The van der Waals surface area contributed by atoms with Gasteiger partial charge in [0.25, 0.3) is 0 Å². The molecular weight excluding hydrogens is 340 g/mol. The Morgan fingerprint density at radius 2 is 1.81 bits per heavy atom. The molecule has 4 aliphatic carbocycles. The zero-order chi connectivity index (χ0) is 19.1. The van der Waals surface area contributed by atoms with Crippen LogP contribution in [0.4, 0.5) is 0 Å². The first-order valence-electron chi connectivity index (χ1n) is 10.6. The van der Waals surface area contributed by atoms with Crippen molar-refractivity contribution < 1.29 is 19.7 Å². The van der Waals surface area contributed by atoms with Crippen molar-refractivity contribution in [3.05, 3.63) is 36.3 Å². The van der Waals surface area contributed by atoms with Gasteiger partial charge >= 0.3 is 0 Å². The Balaban J connectivity index is 1.54. The number of hydrogen-bond donors (Lipinski definition) is 3. The predicted octanol–water partition coefficient (Wildman–Crippen LogP) is 3.76. The average molecular weight is 373 g/mol. The second-order valence-corrected chi connectivity index (χ2v) is 10.2. The van der Waals surface area contributed by atoms with E-state index < -0.39 is 16.6 Å². The van der Waals surface area contributed by atoms with E-state index in [9.17, 15) is 15.3 Å². The number of aliphatic hydroxyl groups excluding tert-OH is 1. The molecule has 4 nitrogen and oxygen atoms in total. The Morgan fingerprint density at radius 3 is 2.56 bits per heavy atom. The van der Waals surface area contributed by atoms with Gasteiger partial charge in [0.2, 0.25) is 0 Å². The van der Waals surface area contributed by atoms with Gasteiger partial charge < -0.3 is 19.7 Å². The van der Waals surface area contributed by atoms with E-state index >= 15 is 0 Å². The molecule has 5 rings (SSSR count). The lowest BCUT2D eigenvalue weighted by Gasteiger charge is -2.64. The summed E-state index contributed by atoms with van der Waals surface area (Å²) in [5, 5.41) is 33.9.